The lowest BCUT2D eigenvalue weighted by molar-refractivity contribution is 0.205. The highest BCUT2D eigenvalue weighted by Gasteiger charge is 2.54. The Morgan fingerprint density at radius 3 is 2.57 bits per heavy atom. The SMILES string of the molecule is COc1cccc(CN2C(=O)N(c3cc(C)ccc3C)[C@H]3CS(=O)(=O)C[C@H]32)c1. The van der Waals surface area contributed by atoms with Crippen molar-refractivity contribution in [3.63, 3.8) is 0 Å². The van der Waals surface area contributed by atoms with Crippen molar-refractivity contribution in [2.24, 2.45) is 0 Å². The van der Waals surface area contributed by atoms with Gasteiger partial charge in [-0.05, 0) is 48.7 Å². The normalized spacial score (nSPS) is 23.2. The lowest BCUT2D eigenvalue weighted by Crippen LogP contribution is -2.38. The fraction of sp³-hybridized carbons (Fsp3) is 0.381. The van der Waals surface area contributed by atoms with Gasteiger partial charge in [0.1, 0.15) is 5.75 Å². The molecular weight excluding hydrogens is 376 g/mol. The fourth-order valence-electron chi connectivity index (χ4n) is 4.19. The third-order valence-electron chi connectivity index (χ3n) is 5.59. The predicted octanol–water partition coefficient (Wildman–Crippen LogP) is 2.92. The molecule has 0 bridgehead atoms. The minimum atomic E-state index is -3.19. The Hall–Kier alpha value is -2.54. The molecule has 0 saturated carbocycles. The maximum Gasteiger partial charge on any atom is 0.325 e. The summed E-state index contributed by atoms with van der Waals surface area (Å²) in [6.07, 6.45) is 0. The van der Waals surface area contributed by atoms with Gasteiger partial charge in [-0.3, -0.25) is 4.90 Å². The summed E-state index contributed by atoms with van der Waals surface area (Å²) in [5.74, 6) is 0.728. The maximum atomic E-state index is 13.4. The van der Waals surface area contributed by atoms with Crippen LogP contribution in [0.1, 0.15) is 16.7 Å². The number of fused-ring (bicyclic) bond motifs is 1. The molecule has 2 heterocycles. The van der Waals surface area contributed by atoms with Crippen molar-refractivity contribution in [1.82, 2.24) is 4.90 Å². The zero-order valence-corrected chi connectivity index (χ0v) is 17.1. The number of benzene rings is 2. The Kier molecular flexibility index (Phi) is 4.57. The average molecular weight is 401 g/mol. The maximum absolute atomic E-state index is 13.4. The molecule has 0 aromatic heterocycles. The molecule has 0 aliphatic carbocycles. The number of rotatable bonds is 4. The van der Waals surface area contributed by atoms with Crippen LogP contribution in [-0.4, -0.2) is 50.0 Å². The van der Waals surface area contributed by atoms with Gasteiger partial charge in [0.15, 0.2) is 9.84 Å². The number of urea groups is 1. The fourth-order valence-corrected chi connectivity index (χ4v) is 6.14. The number of carbonyl (C=O) groups excluding carboxylic acids is 1. The van der Waals surface area contributed by atoms with Crippen LogP contribution in [0, 0.1) is 13.8 Å². The molecule has 6 nitrogen and oxygen atoms in total. The van der Waals surface area contributed by atoms with E-state index >= 15 is 0 Å². The number of carbonyl (C=O) groups is 1. The number of nitrogens with zero attached hydrogens (tertiary/aromatic N) is 2. The summed E-state index contributed by atoms with van der Waals surface area (Å²) in [5, 5.41) is 0. The van der Waals surface area contributed by atoms with Crippen LogP contribution in [0.5, 0.6) is 5.75 Å². The van der Waals surface area contributed by atoms with E-state index in [0.717, 1.165) is 22.4 Å². The van der Waals surface area contributed by atoms with Crippen molar-refractivity contribution in [2.75, 3.05) is 23.5 Å². The van der Waals surface area contributed by atoms with E-state index in [9.17, 15) is 13.2 Å². The van der Waals surface area contributed by atoms with Crippen LogP contribution >= 0.6 is 0 Å². The summed E-state index contributed by atoms with van der Waals surface area (Å²) in [7, 11) is -1.59. The number of anilines is 1. The predicted molar refractivity (Wildman–Crippen MR) is 109 cm³/mol. The van der Waals surface area contributed by atoms with E-state index in [2.05, 4.69) is 0 Å². The van der Waals surface area contributed by atoms with Crippen molar-refractivity contribution in [2.45, 2.75) is 32.5 Å². The zero-order valence-electron chi connectivity index (χ0n) is 16.3. The van der Waals surface area contributed by atoms with Crippen LogP contribution < -0.4 is 9.64 Å². The number of hydrogen-bond acceptors (Lipinski definition) is 4. The van der Waals surface area contributed by atoms with Crippen LogP contribution in [0.4, 0.5) is 10.5 Å². The molecule has 2 aliphatic heterocycles. The Labute approximate surface area is 165 Å². The Bertz CT molecular complexity index is 1030. The quantitative estimate of drug-likeness (QED) is 0.740. The minimum absolute atomic E-state index is 0.00536. The molecule has 0 N–H and O–H groups in total. The molecule has 2 aliphatic rings. The molecule has 2 atom stereocenters. The monoisotopic (exact) mass is 400 g/mol. The first-order valence-electron chi connectivity index (χ1n) is 9.29. The molecule has 0 unspecified atom stereocenters. The molecule has 2 fully saturated rings. The van der Waals surface area contributed by atoms with Gasteiger partial charge in [0.05, 0.1) is 30.7 Å². The molecule has 2 aromatic rings. The lowest BCUT2D eigenvalue weighted by atomic mass is 10.1. The van der Waals surface area contributed by atoms with Gasteiger partial charge in [-0.15, -0.1) is 0 Å². The summed E-state index contributed by atoms with van der Waals surface area (Å²) in [4.78, 5) is 16.8. The van der Waals surface area contributed by atoms with Crippen LogP contribution in [0.25, 0.3) is 0 Å². The summed E-state index contributed by atoms with van der Waals surface area (Å²) in [5.41, 5.74) is 3.71. The van der Waals surface area contributed by atoms with Crippen LogP contribution in [0.3, 0.4) is 0 Å². The first kappa shape index (κ1) is 18.8. The number of ether oxygens (including phenoxy) is 1. The highest BCUT2D eigenvalue weighted by atomic mass is 32.2. The first-order valence-corrected chi connectivity index (χ1v) is 11.1. The molecule has 4 rings (SSSR count). The van der Waals surface area contributed by atoms with Gasteiger partial charge in [-0.2, -0.15) is 0 Å². The van der Waals surface area contributed by atoms with Gasteiger partial charge in [0.2, 0.25) is 0 Å². The van der Waals surface area contributed by atoms with Gasteiger partial charge >= 0.3 is 6.03 Å². The van der Waals surface area contributed by atoms with E-state index < -0.39 is 9.84 Å². The Morgan fingerprint density at radius 2 is 1.82 bits per heavy atom. The topological polar surface area (TPSA) is 66.9 Å². The second kappa shape index (κ2) is 6.81. The summed E-state index contributed by atoms with van der Waals surface area (Å²) < 4.78 is 30.1. The second-order valence-corrected chi connectivity index (χ2v) is 9.79. The third-order valence-corrected chi connectivity index (χ3v) is 7.29. The van der Waals surface area contributed by atoms with Crippen molar-refractivity contribution < 1.29 is 17.9 Å². The van der Waals surface area contributed by atoms with E-state index in [1.54, 1.807) is 16.9 Å². The van der Waals surface area contributed by atoms with Crippen molar-refractivity contribution >= 4 is 21.6 Å². The number of amides is 2. The number of sulfone groups is 1. The van der Waals surface area contributed by atoms with Crippen LogP contribution in [0.2, 0.25) is 0 Å². The minimum Gasteiger partial charge on any atom is -0.497 e. The average Bonchev–Trinajstić information content (AvgIpc) is 3.08. The highest BCUT2D eigenvalue weighted by molar-refractivity contribution is 7.91. The second-order valence-electron chi connectivity index (χ2n) is 7.63. The van der Waals surface area contributed by atoms with Gasteiger partial charge in [0.25, 0.3) is 0 Å². The van der Waals surface area contributed by atoms with E-state index in [-0.39, 0.29) is 29.6 Å². The number of hydrogen-bond donors (Lipinski definition) is 0. The molecule has 7 heteroatoms. The highest BCUT2D eigenvalue weighted by Crippen LogP contribution is 2.37. The van der Waals surface area contributed by atoms with E-state index in [0.29, 0.717) is 12.3 Å². The molecule has 0 spiro atoms. The summed E-state index contributed by atoms with van der Waals surface area (Å²) in [6, 6.07) is 12.6. The summed E-state index contributed by atoms with van der Waals surface area (Å²) in [6.45, 7) is 4.28. The Balaban J connectivity index is 1.73. The molecular formula is C21H24N2O4S. The van der Waals surface area contributed by atoms with Gasteiger partial charge in [-0.1, -0.05) is 24.3 Å². The molecule has 148 valence electrons. The van der Waals surface area contributed by atoms with E-state index in [1.807, 2.05) is 56.3 Å². The van der Waals surface area contributed by atoms with Gasteiger partial charge in [-0.25, -0.2) is 13.2 Å². The first-order chi connectivity index (χ1) is 13.3. The van der Waals surface area contributed by atoms with E-state index in [4.69, 9.17) is 4.74 Å². The molecule has 28 heavy (non-hydrogen) atoms. The van der Waals surface area contributed by atoms with Crippen LogP contribution in [-0.2, 0) is 16.4 Å². The summed E-state index contributed by atoms with van der Waals surface area (Å²) >= 11 is 0. The van der Waals surface area contributed by atoms with E-state index in [1.165, 1.54) is 0 Å². The zero-order chi connectivity index (χ0) is 20.1. The van der Waals surface area contributed by atoms with Gasteiger partial charge < -0.3 is 9.64 Å². The lowest BCUT2D eigenvalue weighted by Gasteiger charge is -2.24. The smallest absolute Gasteiger partial charge is 0.325 e. The van der Waals surface area contributed by atoms with Crippen molar-refractivity contribution in [3.8, 4) is 5.75 Å². The number of methoxy groups -OCH3 is 1. The van der Waals surface area contributed by atoms with Gasteiger partial charge in [0, 0.05) is 12.2 Å². The Morgan fingerprint density at radius 1 is 1.07 bits per heavy atom. The van der Waals surface area contributed by atoms with Crippen LogP contribution in [0.15, 0.2) is 42.5 Å². The molecule has 0 radical (unpaired) electrons. The van der Waals surface area contributed by atoms with Crippen molar-refractivity contribution in [3.05, 3.63) is 59.2 Å². The number of aryl methyl sites for hydroxylation is 2. The third kappa shape index (κ3) is 3.24. The molecule has 2 aromatic carbocycles. The molecule has 2 amide bonds. The van der Waals surface area contributed by atoms with Crippen molar-refractivity contribution in [1.29, 1.82) is 0 Å². The standard InChI is InChI=1S/C21H24N2O4S/c1-14-7-8-15(2)18(9-14)23-20-13-28(25,26)12-19(20)22(21(23)24)11-16-5-4-6-17(10-16)27-3/h4-10,19-20H,11-13H2,1-3H3/t19-,20+/m1/s1. The largest absolute Gasteiger partial charge is 0.497 e. The molecule has 2 saturated heterocycles.